The summed E-state index contributed by atoms with van der Waals surface area (Å²) >= 11 is 3.50. The molecule has 2 heteroatoms. The molecule has 114 valence electrons. The van der Waals surface area contributed by atoms with Gasteiger partial charge in [0.15, 0.2) is 0 Å². The third-order valence-electron chi connectivity index (χ3n) is 2.58. The van der Waals surface area contributed by atoms with Crippen LogP contribution in [0.15, 0.2) is 24.3 Å². The maximum absolute atomic E-state index is 3.29. The second-order valence-corrected chi connectivity index (χ2v) is 9.50. The van der Waals surface area contributed by atoms with E-state index in [1.807, 2.05) is 0 Å². The molecular formula is C20H22S2. The lowest BCUT2D eigenvalue weighted by Crippen LogP contribution is -1.98. The Labute approximate surface area is 142 Å². The largest absolute Gasteiger partial charge is 0.126 e. The zero-order valence-corrected chi connectivity index (χ0v) is 15.8. The molecule has 2 heterocycles. The highest BCUT2D eigenvalue weighted by atomic mass is 32.1. The Morgan fingerprint density at radius 2 is 1.00 bits per heavy atom. The summed E-state index contributed by atoms with van der Waals surface area (Å²) in [6.45, 7) is 12.8. The lowest BCUT2D eigenvalue weighted by atomic mass is 9.98. The normalized spacial score (nSPS) is 11.4. The molecule has 0 saturated heterocycles. The Hall–Kier alpha value is -1.48. The van der Waals surface area contributed by atoms with Crippen molar-refractivity contribution in [3.8, 4) is 33.4 Å². The molecule has 0 spiro atoms. The van der Waals surface area contributed by atoms with E-state index in [1.54, 1.807) is 22.7 Å². The van der Waals surface area contributed by atoms with Gasteiger partial charge in [0, 0.05) is 20.6 Å². The van der Waals surface area contributed by atoms with Crippen molar-refractivity contribution in [1.82, 2.24) is 0 Å². The van der Waals surface area contributed by atoms with Crippen LogP contribution < -0.4 is 0 Å². The fourth-order valence-electron chi connectivity index (χ4n) is 1.57. The summed E-state index contributed by atoms with van der Waals surface area (Å²) in [5.41, 5.74) is 0.0889. The lowest BCUT2D eigenvalue weighted by Gasteiger charge is -2.06. The van der Waals surface area contributed by atoms with Crippen LogP contribution in [0.2, 0.25) is 0 Å². The van der Waals surface area contributed by atoms with E-state index in [4.69, 9.17) is 0 Å². The Morgan fingerprint density at radius 3 is 1.32 bits per heavy atom. The molecule has 0 bridgehead atoms. The highest BCUT2D eigenvalue weighted by Crippen LogP contribution is 2.33. The van der Waals surface area contributed by atoms with Crippen molar-refractivity contribution >= 4 is 22.7 Å². The summed E-state index contributed by atoms with van der Waals surface area (Å²) in [4.78, 5) is 4.79. The van der Waals surface area contributed by atoms with Gasteiger partial charge >= 0.3 is 0 Å². The van der Waals surface area contributed by atoms with E-state index in [9.17, 15) is 0 Å². The van der Waals surface area contributed by atoms with Crippen LogP contribution in [-0.2, 0) is 0 Å². The van der Waals surface area contributed by atoms with Crippen molar-refractivity contribution in [2.75, 3.05) is 0 Å². The molecule has 0 nitrogen and oxygen atoms in total. The average molecular weight is 327 g/mol. The smallest absolute Gasteiger partial charge is 0.0775 e. The minimum Gasteiger partial charge on any atom is -0.126 e. The molecule has 22 heavy (non-hydrogen) atoms. The van der Waals surface area contributed by atoms with Gasteiger partial charge in [0.05, 0.1) is 9.75 Å². The molecule has 0 fully saturated rings. The van der Waals surface area contributed by atoms with Crippen LogP contribution in [-0.4, -0.2) is 0 Å². The Morgan fingerprint density at radius 1 is 0.636 bits per heavy atom. The Balaban J connectivity index is 2.20. The van der Waals surface area contributed by atoms with Crippen LogP contribution in [0.3, 0.4) is 0 Å². The zero-order valence-electron chi connectivity index (χ0n) is 14.1. The molecule has 0 N–H and O–H groups in total. The molecular weight excluding hydrogens is 304 g/mol. The van der Waals surface area contributed by atoms with Crippen molar-refractivity contribution in [3.05, 3.63) is 34.0 Å². The number of hydrogen-bond donors (Lipinski definition) is 0. The molecule has 0 aromatic carbocycles. The summed E-state index contributed by atoms with van der Waals surface area (Å²) in [5.74, 6) is 13.1. The van der Waals surface area contributed by atoms with E-state index in [2.05, 4.69) is 89.5 Å². The first kappa shape index (κ1) is 16.9. The molecule has 0 aliphatic rings. The topological polar surface area (TPSA) is 0 Å². The number of hydrogen-bond acceptors (Lipinski definition) is 2. The lowest BCUT2D eigenvalue weighted by molar-refractivity contribution is 0.570. The molecule has 2 rings (SSSR count). The number of rotatable bonds is 1. The molecule has 0 aliphatic carbocycles. The highest BCUT2D eigenvalue weighted by Gasteiger charge is 2.07. The Kier molecular flexibility index (Phi) is 4.86. The fraction of sp³-hybridized carbons (Fsp3) is 0.400. The van der Waals surface area contributed by atoms with Crippen molar-refractivity contribution < 1.29 is 0 Å². The predicted molar refractivity (Wildman–Crippen MR) is 100 cm³/mol. The van der Waals surface area contributed by atoms with E-state index in [-0.39, 0.29) is 10.8 Å². The van der Waals surface area contributed by atoms with Gasteiger partial charge in [-0.2, -0.15) is 0 Å². The van der Waals surface area contributed by atoms with Gasteiger partial charge in [0.2, 0.25) is 0 Å². The molecule has 2 aromatic heterocycles. The quantitative estimate of drug-likeness (QED) is 0.542. The van der Waals surface area contributed by atoms with Gasteiger partial charge in [0.1, 0.15) is 0 Å². The Bertz CT molecular complexity index is 697. The summed E-state index contributed by atoms with van der Waals surface area (Å²) in [6.07, 6.45) is 0. The maximum atomic E-state index is 3.29. The monoisotopic (exact) mass is 326 g/mol. The standard InChI is InChI=1S/C20H22S2/c1-19(2,3)13-11-15-7-9-17(21-15)18-10-8-16(22-18)12-14-20(4,5)6/h7-10H,1-6H3. The van der Waals surface area contributed by atoms with Crippen molar-refractivity contribution in [2.45, 2.75) is 41.5 Å². The third kappa shape index (κ3) is 5.38. The zero-order chi connectivity index (χ0) is 16.4. The second kappa shape index (κ2) is 6.33. The van der Waals surface area contributed by atoms with Crippen LogP contribution in [0.25, 0.3) is 9.75 Å². The van der Waals surface area contributed by atoms with Crippen LogP contribution in [0, 0.1) is 34.5 Å². The van der Waals surface area contributed by atoms with Gasteiger partial charge in [-0.15, -0.1) is 22.7 Å². The molecule has 2 aromatic rings. The molecule has 0 unspecified atom stereocenters. The molecule has 0 radical (unpaired) electrons. The predicted octanol–water partition coefficient (Wildman–Crippen LogP) is 6.27. The minimum atomic E-state index is 0.0444. The second-order valence-electron chi connectivity index (χ2n) is 7.33. The van der Waals surface area contributed by atoms with Crippen LogP contribution >= 0.6 is 22.7 Å². The minimum absolute atomic E-state index is 0.0444. The SMILES string of the molecule is CC(C)(C)C#Cc1ccc(-c2ccc(C#CC(C)(C)C)s2)s1. The van der Waals surface area contributed by atoms with E-state index in [1.165, 1.54) is 9.75 Å². The van der Waals surface area contributed by atoms with Gasteiger partial charge in [-0.1, -0.05) is 23.7 Å². The van der Waals surface area contributed by atoms with E-state index in [0.717, 1.165) is 9.75 Å². The van der Waals surface area contributed by atoms with Gasteiger partial charge in [-0.3, -0.25) is 0 Å². The maximum Gasteiger partial charge on any atom is 0.0775 e. The van der Waals surface area contributed by atoms with Gasteiger partial charge in [-0.25, -0.2) is 0 Å². The summed E-state index contributed by atoms with van der Waals surface area (Å²) < 4.78 is 0. The first-order chi connectivity index (χ1) is 10.1. The van der Waals surface area contributed by atoms with Crippen molar-refractivity contribution in [1.29, 1.82) is 0 Å². The third-order valence-corrected chi connectivity index (χ3v) is 4.77. The molecule has 0 atom stereocenters. The van der Waals surface area contributed by atoms with Gasteiger partial charge in [0.25, 0.3) is 0 Å². The van der Waals surface area contributed by atoms with Gasteiger partial charge in [-0.05, 0) is 65.8 Å². The first-order valence-corrected chi connectivity index (χ1v) is 9.02. The van der Waals surface area contributed by atoms with Crippen LogP contribution in [0.4, 0.5) is 0 Å². The van der Waals surface area contributed by atoms with Crippen molar-refractivity contribution in [2.24, 2.45) is 10.8 Å². The first-order valence-electron chi connectivity index (χ1n) is 7.39. The van der Waals surface area contributed by atoms with Gasteiger partial charge < -0.3 is 0 Å². The van der Waals surface area contributed by atoms with Crippen LogP contribution in [0.1, 0.15) is 51.3 Å². The van der Waals surface area contributed by atoms with Crippen molar-refractivity contribution in [3.63, 3.8) is 0 Å². The molecule has 0 aliphatic heterocycles. The van der Waals surface area contributed by atoms with E-state index in [0.29, 0.717) is 0 Å². The fourth-order valence-corrected chi connectivity index (χ4v) is 3.38. The summed E-state index contributed by atoms with van der Waals surface area (Å²) in [7, 11) is 0. The number of thiophene rings is 2. The van der Waals surface area contributed by atoms with E-state index < -0.39 is 0 Å². The molecule has 0 amide bonds. The van der Waals surface area contributed by atoms with E-state index >= 15 is 0 Å². The summed E-state index contributed by atoms with van der Waals surface area (Å²) in [6, 6.07) is 8.53. The average Bonchev–Trinajstić information content (AvgIpc) is 3.01. The summed E-state index contributed by atoms with van der Waals surface area (Å²) in [5, 5.41) is 0. The van der Waals surface area contributed by atoms with Crippen LogP contribution in [0.5, 0.6) is 0 Å². The molecule has 0 saturated carbocycles. The highest BCUT2D eigenvalue weighted by molar-refractivity contribution is 7.22.